The van der Waals surface area contributed by atoms with Gasteiger partial charge < -0.3 is 9.84 Å². The molecule has 0 saturated heterocycles. The summed E-state index contributed by atoms with van der Waals surface area (Å²) in [6.07, 6.45) is 7.31. The Hall–Kier alpha value is -1.02. The van der Waals surface area contributed by atoms with Crippen molar-refractivity contribution in [1.29, 1.82) is 0 Å². The summed E-state index contributed by atoms with van der Waals surface area (Å²) in [6, 6.07) is 6.21. The van der Waals surface area contributed by atoms with Gasteiger partial charge in [-0.15, -0.1) is 0 Å². The quantitative estimate of drug-likeness (QED) is 0.899. The molecule has 3 unspecified atom stereocenters. The molecule has 3 aliphatic rings. The fourth-order valence-electron chi connectivity index (χ4n) is 4.45. The van der Waals surface area contributed by atoms with Gasteiger partial charge in [0, 0.05) is 0 Å². The van der Waals surface area contributed by atoms with Gasteiger partial charge in [0.25, 0.3) is 0 Å². The van der Waals surface area contributed by atoms with Gasteiger partial charge in [0.1, 0.15) is 5.75 Å². The van der Waals surface area contributed by atoms with Crippen LogP contribution in [0.2, 0.25) is 0 Å². The molecular weight excluding hydrogens is 236 g/mol. The van der Waals surface area contributed by atoms with Gasteiger partial charge in [0.05, 0.1) is 12.7 Å². The van der Waals surface area contributed by atoms with Crippen molar-refractivity contribution in [3.63, 3.8) is 0 Å². The standard InChI is InChI=1S/C17H22O2/c18-17-6-3-13-9-15(4-5-16(13)17)19-10-14-8-11-1-2-12(14)7-11/h4-5,9,11-12,14,17-18H,1-3,6-8,10H2/t11?,12?,14?,17-/m1/s1. The van der Waals surface area contributed by atoms with Crippen molar-refractivity contribution in [2.75, 3.05) is 6.61 Å². The largest absolute Gasteiger partial charge is 0.493 e. The molecule has 2 nitrogen and oxygen atoms in total. The summed E-state index contributed by atoms with van der Waals surface area (Å²) in [7, 11) is 0. The summed E-state index contributed by atoms with van der Waals surface area (Å²) in [5.41, 5.74) is 2.38. The number of benzene rings is 1. The molecule has 3 aliphatic carbocycles. The molecule has 1 aromatic rings. The summed E-state index contributed by atoms with van der Waals surface area (Å²) in [6.45, 7) is 0.891. The maximum absolute atomic E-state index is 9.81. The summed E-state index contributed by atoms with van der Waals surface area (Å²) < 4.78 is 6.02. The number of hydrogen-bond donors (Lipinski definition) is 1. The lowest BCUT2D eigenvalue weighted by Crippen LogP contribution is -2.18. The highest BCUT2D eigenvalue weighted by Gasteiger charge is 2.39. The van der Waals surface area contributed by atoms with Crippen molar-refractivity contribution in [2.24, 2.45) is 17.8 Å². The predicted octanol–water partition coefficient (Wildman–Crippen LogP) is 3.48. The van der Waals surface area contributed by atoms with E-state index in [1.165, 1.54) is 31.2 Å². The molecule has 0 heterocycles. The number of rotatable bonds is 3. The second-order valence-electron chi connectivity index (χ2n) is 6.66. The van der Waals surface area contributed by atoms with E-state index in [0.29, 0.717) is 0 Å². The van der Waals surface area contributed by atoms with E-state index in [0.717, 1.165) is 48.5 Å². The minimum Gasteiger partial charge on any atom is -0.493 e. The monoisotopic (exact) mass is 258 g/mol. The van der Waals surface area contributed by atoms with E-state index in [2.05, 4.69) is 6.07 Å². The van der Waals surface area contributed by atoms with Gasteiger partial charge in [-0.25, -0.2) is 0 Å². The molecule has 2 fully saturated rings. The number of fused-ring (bicyclic) bond motifs is 3. The molecule has 4 rings (SSSR count). The van der Waals surface area contributed by atoms with E-state index in [-0.39, 0.29) is 6.10 Å². The first-order valence-corrected chi connectivity index (χ1v) is 7.73. The van der Waals surface area contributed by atoms with Crippen LogP contribution < -0.4 is 4.74 Å². The minimum absolute atomic E-state index is 0.255. The molecule has 102 valence electrons. The summed E-state index contributed by atoms with van der Waals surface area (Å²) >= 11 is 0. The smallest absolute Gasteiger partial charge is 0.119 e. The Bertz CT molecular complexity index is 482. The molecule has 0 aliphatic heterocycles. The summed E-state index contributed by atoms with van der Waals surface area (Å²) in [5.74, 6) is 3.71. The van der Waals surface area contributed by atoms with Gasteiger partial charge in [-0.3, -0.25) is 0 Å². The van der Waals surface area contributed by atoms with Crippen molar-refractivity contribution in [2.45, 2.75) is 44.6 Å². The number of aryl methyl sites for hydroxylation is 1. The van der Waals surface area contributed by atoms with Crippen LogP contribution in [0, 0.1) is 17.8 Å². The highest BCUT2D eigenvalue weighted by atomic mass is 16.5. The molecule has 2 bridgehead atoms. The minimum atomic E-state index is -0.255. The van der Waals surface area contributed by atoms with Crippen molar-refractivity contribution in [3.05, 3.63) is 29.3 Å². The average molecular weight is 258 g/mol. The van der Waals surface area contributed by atoms with E-state index in [1.54, 1.807) is 0 Å². The van der Waals surface area contributed by atoms with Gasteiger partial charge >= 0.3 is 0 Å². The maximum atomic E-state index is 9.81. The first-order chi connectivity index (χ1) is 9.29. The lowest BCUT2D eigenvalue weighted by molar-refractivity contribution is 0.180. The third-order valence-electron chi connectivity index (χ3n) is 5.51. The third-order valence-corrected chi connectivity index (χ3v) is 5.51. The number of ether oxygens (including phenoxy) is 1. The van der Waals surface area contributed by atoms with E-state index in [4.69, 9.17) is 4.74 Å². The topological polar surface area (TPSA) is 29.5 Å². The number of hydrogen-bond acceptors (Lipinski definition) is 2. The van der Waals surface area contributed by atoms with Crippen LogP contribution in [0.25, 0.3) is 0 Å². The maximum Gasteiger partial charge on any atom is 0.119 e. The van der Waals surface area contributed by atoms with Crippen molar-refractivity contribution >= 4 is 0 Å². The van der Waals surface area contributed by atoms with Crippen LogP contribution in [0.15, 0.2) is 18.2 Å². The van der Waals surface area contributed by atoms with Crippen LogP contribution in [-0.2, 0) is 6.42 Å². The molecule has 19 heavy (non-hydrogen) atoms. The summed E-state index contributed by atoms with van der Waals surface area (Å²) in [5, 5.41) is 9.81. The van der Waals surface area contributed by atoms with Crippen LogP contribution in [0.4, 0.5) is 0 Å². The number of aliphatic hydroxyl groups is 1. The molecule has 1 aromatic carbocycles. The zero-order valence-corrected chi connectivity index (χ0v) is 11.3. The van der Waals surface area contributed by atoms with Gasteiger partial charge in [-0.2, -0.15) is 0 Å². The SMILES string of the molecule is O[C@@H]1CCc2cc(OCC3CC4CCC3C4)ccc21. The molecule has 0 aromatic heterocycles. The van der Waals surface area contributed by atoms with Crippen LogP contribution >= 0.6 is 0 Å². The van der Waals surface area contributed by atoms with Gasteiger partial charge in [0.15, 0.2) is 0 Å². The number of aliphatic hydroxyl groups excluding tert-OH is 1. The van der Waals surface area contributed by atoms with Gasteiger partial charge in [0.2, 0.25) is 0 Å². The van der Waals surface area contributed by atoms with Crippen molar-refractivity contribution < 1.29 is 9.84 Å². The fraction of sp³-hybridized carbons (Fsp3) is 0.647. The molecule has 0 amide bonds. The molecule has 2 heteroatoms. The molecule has 0 spiro atoms. The van der Waals surface area contributed by atoms with E-state index >= 15 is 0 Å². The van der Waals surface area contributed by atoms with Gasteiger partial charge in [-0.1, -0.05) is 12.5 Å². The van der Waals surface area contributed by atoms with Crippen LogP contribution in [-0.4, -0.2) is 11.7 Å². The van der Waals surface area contributed by atoms with Gasteiger partial charge in [-0.05, 0) is 73.1 Å². The highest BCUT2D eigenvalue weighted by Crippen LogP contribution is 2.48. The first-order valence-electron chi connectivity index (χ1n) is 7.73. The second-order valence-corrected chi connectivity index (χ2v) is 6.66. The average Bonchev–Trinajstić information content (AvgIpc) is 3.12. The zero-order chi connectivity index (χ0) is 12.8. The normalized spacial score (nSPS) is 35.6. The molecular formula is C17H22O2. The Balaban J connectivity index is 1.41. The Morgan fingerprint density at radius 1 is 1.16 bits per heavy atom. The molecule has 0 radical (unpaired) electrons. The Labute approximate surface area is 114 Å². The Morgan fingerprint density at radius 2 is 2.11 bits per heavy atom. The van der Waals surface area contributed by atoms with Crippen LogP contribution in [0.3, 0.4) is 0 Å². The lowest BCUT2D eigenvalue weighted by Gasteiger charge is -2.22. The lowest BCUT2D eigenvalue weighted by atomic mass is 9.89. The van der Waals surface area contributed by atoms with E-state index in [1.807, 2.05) is 12.1 Å². The molecule has 1 N–H and O–H groups in total. The second kappa shape index (κ2) is 4.52. The van der Waals surface area contributed by atoms with Crippen molar-refractivity contribution in [1.82, 2.24) is 0 Å². The zero-order valence-electron chi connectivity index (χ0n) is 11.3. The fourth-order valence-corrected chi connectivity index (χ4v) is 4.45. The van der Waals surface area contributed by atoms with Crippen molar-refractivity contribution in [3.8, 4) is 5.75 Å². The van der Waals surface area contributed by atoms with E-state index < -0.39 is 0 Å². The van der Waals surface area contributed by atoms with E-state index in [9.17, 15) is 5.11 Å². The molecule has 2 saturated carbocycles. The first kappa shape index (κ1) is 11.8. The summed E-state index contributed by atoms with van der Waals surface area (Å²) in [4.78, 5) is 0. The molecule has 4 atom stereocenters. The highest BCUT2D eigenvalue weighted by molar-refractivity contribution is 5.39. The predicted molar refractivity (Wildman–Crippen MR) is 74.2 cm³/mol. The van der Waals surface area contributed by atoms with Crippen LogP contribution in [0.1, 0.15) is 49.3 Å². The third kappa shape index (κ3) is 2.06. The Kier molecular flexibility index (Phi) is 2.80. The Morgan fingerprint density at radius 3 is 2.89 bits per heavy atom. The van der Waals surface area contributed by atoms with Crippen LogP contribution in [0.5, 0.6) is 5.75 Å².